The summed E-state index contributed by atoms with van der Waals surface area (Å²) in [4.78, 5) is 0. The summed E-state index contributed by atoms with van der Waals surface area (Å²) in [5.74, 6) is 0. The number of hydrogen-bond acceptors (Lipinski definition) is 3. The van der Waals surface area contributed by atoms with Crippen LogP contribution in [0.3, 0.4) is 0 Å². The quantitative estimate of drug-likeness (QED) is 0.567. The number of anilines is 1. The average molecular weight is 373 g/mol. The third-order valence-electron chi connectivity index (χ3n) is 3.16. The molecule has 1 aromatic carbocycles. The Morgan fingerprint density at radius 2 is 2.38 bits per heavy atom. The minimum Gasteiger partial charge on any atom is -0.379 e. The van der Waals surface area contributed by atoms with E-state index in [4.69, 9.17) is 21.7 Å². The first-order valence-corrected chi connectivity index (χ1v) is 8.44. The van der Waals surface area contributed by atoms with Crippen LogP contribution in [-0.2, 0) is 9.47 Å². The Hall–Kier alpha value is -0.690. The highest BCUT2D eigenvalue weighted by atomic mass is 79.9. The molecule has 0 spiro atoms. The van der Waals surface area contributed by atoms with Crippen molar-refractivity contribution in [1.82, 2.24) is 5.32 Å². The van der Waals surface area contributed by atoms with E-state index in [1.165, 1.54) is 0 Å². The van der Waals surface area contributed by atoms with Crippen molar-refractivity contribution in [3.05, 3.63) is 28.7 Å². The molecule has 1 aliphatic heterocycles. The Kier molecular flexibility index (Phi) is 7.43. The predicted octanol–water partition coefficient (Wildman–Crippen LogP) is 3.32. The van der Waals surface area contributed by atoms with Gasteiger partial charge in [-0.05, 0) is 49.7 Å². The number of rotatable bonds is 7. The fraction of sp³-hybridized carbons (Fsp3) is 0.533. The standard InChI is InChI=1S/C15H21BrN2O2S/c16-12-4-1-5-13(10-12)18-15(21)17-7-3-8-19-11-14-6-2-9-20-14/h1,4-5,10,14H,2-3,6-9,11H2,(H2,17,18,21)/t14-/m0/s1. The maximum Gasteiger partial charge on any atom is 0.170 e. The summed E-state index contributed by atoms with van der Waals surface area (Å²) in [6.07, 6.45) is 3.51. The number of nitrogens with one attached hydrogen (secondary N) is 2. The molecule has 1 heterocycles. The molecule has 0 aromatic heterocycles. The van der Waals surface area contributed by atoms with Gasteiger partial charge >= 0.3 is 0 Å². The first-order chi connectivity index (χ1) is 10.2. The second-order valence-corrected chi connectivity index (χ2v) is 6.28. The van der Waals surface area contributed by atoms with Gasteiger partial charge in [0.2, 0.25) is 0 Å². The summed E-state index contributed by atoms with van der Waals surface area (Å²) in [6, 6.07) is 7.91. The van der Waals surface area contributed by atoms with Gasteiger partial charge in [0.1, 0.15) is 0 Å². The molecule has 1 saturated heterocycles. The smallest absolute Gasteiger partial charge is 0.170 e. The molecule has 2 N–H and O–H groups in total. The molecule has 0 aliphatic carbocycles. The first kappa shape index (κ1) is 16.7. The normalized spacial score (nSPS) is 17.7. The monoisotopic (exact) mass is 372 g/mol. The van der Waals surface area contributed by atoms with Crippen molar-refractivity contribution in [3.8, 4) is 0 Å². The molecule has 4 nitrogen and oxygen atoms in total. The van der Waals surface area contributed by atoms with Gasteiger partial charge in [0, 0.05) is 29.9 Å². The molecule has 1 aromatic rings. The molecule has 1 atom stereocenters. The van der Waals surface area contributed by atoms with Crippen molar-refractivity contribution in [2.45, 2.75) is 25.4 Å². The Morgan fingerprint density at radius 1 is 1.48 bits per heavy atom. The second-order valence-electron chi connectivity index (χ2n) is 4.95. The van der Waals surface area contributed by atoms with Crippen LogP contribution in [0.25, 0.3) is 0 Å². The van der Waals surface area contributed by atoms with Gasteiger partial charge in [-0.15, -0.1) is 0 Å². The van der Waals surface area contributed by atoms with Gasteiger partial charge in [-0.25, -0.2) is 0 Å². The van der Waals surface area contributed by atoms with E-state index < -0.39 is 0 Å². The van der Waals surface area contributed by atoms with Crippen LogP contribution in [0.5, 0.6) is 0 Å². The molecule has 0 saturated carbocycles. The SMILES string of the molecule is S=C(NCCCOC[C@@H]1CCCO1)Nc1cccc(Br)c1. The molecule has 116 valence electrons. The van der Waals surface area contributed by atoms with Crippen LogP contribution in [0.1, 0.15) is 19.3 Å². The van der Waals surface area contributed by atoms with Crippen molar-refractivity contribution in [3.63, 3.8) is 0 Å². The molecule has 0 unspecified atom stereocenters. The summed E-state index contributed by atoms with van der Waals surface area (Å²) in [5.41, 5.74) is 0.969. The van der Waals surface area contributed by atoms with Crippen molar-refractivity contribution in [2.24, 2.45) is 0 Å². The zero-order valence-electron chi connectivity index (χ0n) is 11.9. The fourth-order valence-electron chi connectivity index (χ4n) is 2.11. The Bertz CT molecular complexity index is 453. The van der Waals surface area contributed by atoms with E-state index in [-0.39, 0.29) is 0 Å². The molecule has 0 radical (unpaired) electrons. The number of benzene rings is 1. The largest absolute Gasteiger partial charge is 0.379 e. The van der Waals surface area contributed by atoms with Gasteiger partial charge in [-0.3, -0.25) is 0 Å². The topological polar surface area (TPSA) is 42.5 Å². The molecule has 6 heteroatoms. The molecule has 21 heavy (non-hydrogen) atoms. The lowest BCUT2D eigenvalue weighted by Crippen LogP contribution is -2.30. The number of thiocarbonyl (C=S) groups is 1. The van der Waals surface area contributed by atoms with Crippen LogP contribution in [-0.4, -0.2) is 37.6 Å². The zero-order valence-corrected chi connectivity index (χ0v) is 14.3. The zero-order chi connectivity index (χ0) is 14.9. The Balaban J connectivity index is 1.51. The van der Waals surface area contributed by atoms with Crippen LogP contribution in [0.4, 0.5) is 5.69 Å². The molecule has 0 amide bonds. The molecule has 0 bridgehead atoms. The lowest BCUT2D eigenvalue weighted by molar-refractivity contribution is 0.0168. The maximum atomic E-state index is 5.60. The van der Waals surface area contributed by atoms with Crippen LogP contribution >= 0.6 is 28.1 Å². The van der Waals surface area contributed by atoms with E-state index in [1.54, 1.807) is 0 Å². The Morgan fingerprint density at radius 3 is 3.14 bits per heavy atom. The second kappa shape index (κ2) is 9.35. The van der Waals surface area contributed by atoms with Crippen molar-refractivity contribution >= 4 is 38.9 Å². The van der Waals surface area contributed by atoms with E-state index in [1.807, 2.05) is 24.3 Å². The summed E-state index contributed by atoms with van der Waals surface area (Å²) >= 11 is 8.68. The van der Waals surface area contributed by atoms with Gasteiger partial charge < -0.3 is 20.1 Å². The highest BCUT2D eigenvalue weighted by Gasteiger charge is 2.14. The van der Waals surface area contributed by atoms with E-state index in [0.29, 0.717) is 17.8 Å². The fourth-order valence-corrected chi connectivity index (χ4v) is 2.73. The van der Waals surface area contributed by atoms with E-state index in [0.717, 1.165) is 49.2 Å². The number of hydrogen-bond donors (Lipinski definition) is 2. The van der Waals surface area contributed by atoms with Gasteiger partial charge in [0.25, 0.3) is 0 Å². The summed E-state index contributed by atoms with van der Waals surface area (Å²) in [6.45, 7) is 3.11. The summed E-state index contributed by atoms with van der Waals surface area (Å²) < 4.78 is 12.1. The van der Waals surface area contributed by atoms with Crippen LogP contribution < -0.4 is 10.6 Å². The Labute approximate surface area is 139 Å². The lowest BCUT2D eigenvalue weighted by atomic mass is 10.2. The van der Waals surface area contributed by atoms with Crippen LogP contribution in [0.15, 0.2) is 28.7 Å². The molecular weight excluding hydrogens is 352 g/mol. The molecule has 1 fully saturated rings. The third kappa shape index (κ3) is 6.74. The number of ether oxygens (including phenoxy) is 2. The molecule has 1 aliphatic rings. The maximum absolute atomic E-state index is 5.60. The first-order valence-electron chi connectivity index (χ1n) is 7.24. The highest BCUT2D eigenvalue weighted by Crippen LogP contribution is 2.15. The van der Waals surface area contributed by atoms with Gasteiger partial charge in [-0.2, -0.15) is 0 Å². The van der Waals surface area contributed by atoms with Gasteiger partial charge in [0.15, 0.2) is 5.11 Å². The average Bonchev–Trinajstić information content (AvgIpc) is 2.96. The van der Waals surface area contributed by atoms with Crippen LogP contribution in [0, 0.1) is 0 Å². The van der Waals surface area contributed by atoms with Crippen molar-refractivity contribution < 1.29 is 9.47 Å². The van der Waals surface area contributed by atoms with Gasteiger partial charge in [-0.1, -0.05) is 22.0 Å². The predicted molar refractivity (Wildman–Crippen MR) is 92.8 cm³/mol. The van der Waals surface area contributed by atoms with Crippen molar-refractivity contribution in [1.29, 1.82) is 0 Å². The molecular formula is C15H21BrN2O2S. The van der Waals surface area contributed by atoms with Crippen molar-refractivity contribution in [2.75, 3.05) is 31.7 Å². The molecule has 2 rings (SSSR count). The van der Waals surface area contributed by atoms with E-state index >= 15 is 0 Å². The third-order valence-corrected chi connectivity index (χ3v) is 3.90. The summed E-state index contributed by atoms with van der Waals surface area (Å²) in [5, 5.41) is 6.95. The minimum absolute atomic E-state index is 0.303. The lowest BCUT2D eigenvalue weighted by Gasteiger charge is -2.12. The summed E-state index contributed by atoms with van der Waals surface area (Å²) in [7, 11) is 0. The van der Waals surface area contributed by atoms with E-state index in [2.05, 4.69) is 26.6 Å². The highest BCUT2D eigenvalue weighted by molar-refractivity contribution is 9.10. The van der Waals surface area contributed by atoms with E-state index in [9.17, 15) is 0 Å². The van der Waals surface area contributed by atoms with Crippen LogP contribution in [0.2, 0.25) is 0 Å². The van der Waals surface area contributed by atoms with Gasteiger partial charge in [0.05, 0.1) is 12.7 Å². The number of halogens is 1. The minimum atomic E-state index is 0.303.